The van der Waals surface area contributed by atoms with Crippen molar-refractivity contribution in [1.82, 2.24) is 4.98 Å². The van der Waals surface area contributed by atoms with E-state index < -0.39 is 45.9 Å². The number of pyridine rings is 1. The van der Waals surface area contributed by atoms with Crippen LogP contribution in [0.1, 0.15) is 35.1 Å². The van der Waals surface area contributed by atoms with Crippen LogP contribution in [0.25, 0.3) is 10.9 Å². The van der Waals surface area contributed by atoms with E-state index >= 15 is 0 Å². The molecule has 0 aliphatic carbocycles. The van der Waals surface area contributed by atoms with Gasteiger partial charge in [0.15, 0.2) is 5.60 Å². The van der Waals surface area contributed by atoms with Gasteiger partial charge in [-0.15, -0.1) is 0 Å². The lowest BCUT2D eigenvalue weighted by Crippen LogP contribution is -2.46. The van der Waals surface area contributed by atoms with Crippen molar-refractivity contribution in [2.45, 2.75) is 30.8 Å². The molecule has 2 atom stereocenters. The van der Waals surface area contributed by atoms with Crippen LogP contribution in [0.3, 0.4) is 0 Å². The van der Waals surface area contributed by atoms with Gasteiger partial charge in [0.2, 0.25) is 5.56 Å². The molecular weight excluding hydrogens is 585 g/mol. The van der Waals surface area contributed by atoms with Crippen molar-refractivity contribution in [3.05, 3.63) is 103 Å². The summed E-state index contributed by atoms with van der Waals surface area (Å²) in [5.74, 6) is -1.50. The number of fused-ring (bicyclic) bond motifs is 1. The van der Waals surface area contributed by atoms with Crippen molar-refractivity contribution >= 4 is 34.1 Å². The topological polar surface area (TPSA) is 86.1 Å². The number of ether oxygens (including phenoxy) is 1. The fourth-order valence-corrected chi connectivity index (χ4v) is 4.87. The maximum absolute atomic E-state index is 14.5. The minimum absolute atomic E-state index is 0.0988. The number of aromatic nitrogens is 1. The SMILES string of the molecule is CC(c1ccc(Oc2ccc(C#N)c(Cl)c2)cc1Cl)C(O)(c1ccc2[nH]c(=O)cc(C(F)(F)F)c2c1)C(F)(F)F. The first-order valence-corrected chi connectivity index (χ1v) is 12.0. The smallest absolute Gasteiger partial charge is 0.422 e. The largest absolute Gasteiger partial charge is 0.457 e. The molecule has 4 rings (SSSR count). The van der Waals surface area contributed by atoms with Gasteiger partial charge in [-0.25, -0.2) is 0 Å². The summed E-state index contributed by atoms with van der Waals surface area (Å²) >= 11 is 12.3. The molecule has 0 aliphatic rings. The van der Waals surface area contributed by atoms with E-state index in [0.717, 1.165) is 19.1 Å². The molecule has 0 saturated heterocycles. The van der Waals surface area contributed by atoms with Gasteiger partial charge in [-0.2, -0.15) is 31.6 Å². The van der Waals surface area contributed by atoms with Crippen molar-refractivity contribution in [2.24, 2.45) is 0 Å². The number of hydrogen-bond acceptors (Lipinski definition) is 4. The van der Waals surface area contributed by atoms with Crippen molar-refractivity contribution < 1.29 is 36.2 Å². The maximum atomic E-state index is 14.5. The monoisotopic (exact) mass is 600 g/mol. The van der Waals surface area contributed by atoms with Crippen LogP contribution in [0.5, 0.6) is 11.5 Å². The van der Waals surface area contributed by atoms with Gasteiger partial charge in [-0.3, -0.25) is 4.79 Å². The molecule has 2 N–H and O–H groups in total. The zero-order valence-corrected chi connectivity index (χ0v) is 21.6. The van der Waals surface area contributed by atoms with E-state index in [1.165, 1.54) is 36.4 Å². The molecule has 0 fully saturated rings. The highest BCUT2D eigenvalue weighted by Crippen LogP contribution is 2.51. The van der Waals surface area contributed by atoms with E-state index in [4.69, 9.17) is 33.2 Å². The number of aliphatic hydroxyl groups is 1. The highest BCUT2D eigenvalue weighted by molar-refractivity contribution is 6.32. The quantitative estimate of drug-likeness (QED) is 0.227. The molecule has 0 radical (unpaired) electrons. The molecule has 40 heavy (non-hydrogen) atoms. The molecule has 1 aromatic heterocycles. The molecule has 0 aliphatic heterocycles. The van der Waals surface area contributed by atoms with Crippen molar-refractivity contribution in [2.75, 3.05) is 0 Å². The van der Waals surface area contributed by atoms with E-state index in [2.05, 4.69) is 4.98 Å². The van der Waals surface area contributed by atoms with Crippen molar-refractivity contribution in [3.8, 4) is 17.6 Å². The van der Waals surface area contributed by atoms with Gasteiger partial charge >= 0.3 is 12.4 Å². The van der Waals surface area contributed by atoms with Gasteiger partial charge < -0.3 is 14.8 Å². The van der Waals surface area contributed by atoms with E-state index in [-0.39, 0.29) is 44.3 Å². The number of halogens is 8. The van der Waals surface area contributed by atoms with Gasteiger partial charge in [0.05, 0.1) is 16.1 Å². The highest BCUT2D eigenvalue weighted by Gasteiger charge is 2.59. The molecule has 5 nitrogen and oxygen atoms in total. The zero-order valence-electron chi connectivity index (χ0n) is 20.1. The van der Waals surface area contributed by atoms with Crippen LogP contribution >= 0.6 is 23.2 Å². The van der Waals surface area contributed by atoms with E-state index in [9.17, 15) is 36.2 Å². The summed E-state index contributed by atoms with van der Waals surface area (Å²) in [7, 11) is 0. The second-order valence-electron chi connectivity index (χ2n) is 8.83. The van der Waals surface area contributed by atoms with Gasteiger partial charge in [0.25, 0.3) is 0 Å². The third-order valence-electron chi connectivity index (χ3n) is 6.38. The van der Waals surface area contributed by atoms with Crippen LogP contribution in [0, 0.1) is 11.3 Å². The van der Waals surface area contributed by atoms with E-state index in [0.29, 0.717) is 6.07 Å². The van der Waals surface area contributed by atoms with Crippen LogP contribution in [-0.4, -0.2) is 16.3 Å². The van der Waals surface area contributed by atoms with Crippen LogP contribution in [-0.2, 0) is 11.8 Å². The number of H-pyrrole nitrogens is 1. The molecule has 0 bridgehead atoms. The van der Waals surface area contributed by atoms with E-state index in [1.54, 1.807) is 0 Å². The Morgan fingerprint density at radius 3 is 2.10 bits per heavy atom. The Hall–Kier alpha value is -3.72. The predicted molar refractivity (Wildman–Crippen MR) is 136 cm³/mol. The molecule has 1 heterocycles. The summed E-state index contributed by atoms with van der Waals surface area (Å²) in [4.78, 5) is 13.8. The Balaban J connectivity index is 1.78. The first-order chi connectivity index (χ1) is 18.6. The Labute approximate surface area is 232 Å². The van der Waals surface area contributed by atoms with Crippen LogP contribution in [0.15, 0.2) is 65.5 Å². The Kier molecular flexibility index (Phi) is 7.58. The fourth-order valence-electron chi connectivity index (χ4n) is 4.32. The summed E-state index contributed by atoms with van der Waals surface area (Å²) in [6.07, 6.45) is -10.4. The Morgan fingerprint density at radius 2 is 1.55 bits per heavy atom. The maximum Gasteiger partial charge on any atom is 0.422 e. The number of hydrogen-bond donors (Lipinski definition) is 2. The van der Waals surface area contributed by atoms with Gasteiger partial charge in [0, 0.05) is 34.0 Å². The number of nitrogens with one attached hydrogen (secondary N) is 1. The highest BCUT2D eigenvalue weighted by atomic mass is 35.5. The lowest BCUT2D eigenvalue weighted by atomic mass is 9.77. The van der Waals surface area contributed by atoms with Gasteiger partial charge in [0.1, 0.15) is 17.6 Å². The zero-order chi connectivity index (χ0) is 29.6. The average molecular weight is 601 g/mol. The third-order valence-corrected chi connectivity index (χ3v) is 7.02. The second kappa shape index (κ2) is 10.4. The molecule has 0 saturated carbocycles. The predicted octanol–water partition coefficient (Wildman–Crippen LogP) is 8.07. The molecular formula is C27H16Cl2F6N2O3. The summed E-state index contributed by atoms with van der Waals surface area (Å²) in [6.45, 7) is 1.03. The van der Waals surface area contributed by atoms with Crippen LogP contribution in [0.4, 0.5) is 26.3 Å². The summed E-state index contributed by atoms with van der Waals surface area (Å²) in [6, 6.07) is 12.2. The van der Waals surface area contributed by atoms with Crippen LogP contribution in [0.2, 0.25) is 10.0 Å². The first kappa shape index (κ1) is 29.3. The van der Waals surface area contributed by atoms with Crippen molar-refractivity contribution in [3.63, 3.8) is 0 Å². The van der Waals surface area contributed by atoms with Gasteiger partial charge in [-0.1, -0.05) is 42.3 Å². The number of nitrogens with zero attached hydrogens (tertiary/aromatic N) is 1. The lowest BCUT2D eigenvalue weighted by Gasteiger charge is -2.37. The normalized spacial score (nSPS) is 14.4. The standard InChI is InChI=1S/C27H16Cl2F6N2O3/c1-13(18-6-5-17(10-22(18)29)40-16-4-2-14(12-36)21(28)9-16)25(39,27(33,34)35)15-3-7-23-19(8-15)20(26(30,31)32)11-24(38)37-23/h2-11,13,39H,1H3,(H,37,38). The molecule has 0 spiro atoms. The minimum atomic E-state index is -5.36. The van der Waals surface area contributed by atoms with Gasteiger partial charge in [-0.05, 0) is 47.5 Å². The number of benzene rings is 3. The molecule has 208 valence electrons. The lowest BCUT2D eigenvalue weighted by molar-refractivity contribution is -0.274. The molecule has 2 unspecified atom stereocenters. The van der Waals surface area contributed by atoms with E-state index in [1.807, 2.05) is 6.07 Å². The average Bonchev–Trinajstić information content (AvgIpc) is 2.86. The molecule has 13 heteroatoms. The fraction of sp³-hybridized carbons (Fsp3) is 0.185. The minimum Gasteiger partial charge on any atom is -0.457 e. The van der Waals surface area contributed by atoms with Crippen molar-refractivity contribution in [1.29, 1.82) is 5.26 Å². The summed E-state index contributed by atoms with van der Waals surface area (Å²) in [5.41, 5.74) is -7.46. The number of nitriles is 1. The second-order valence-corrected chi connectivity index (χ2v) is 9.64. The van der Waals surface area contributed by atoms with Crippen LogP contribution < -0.4 is 10.3 Å². The molecule has 3 aromatic carbocycles. The number of aromatic amines is 1. The Bertz CT molecular complexity index is 1710. The number of alkyl halides is 6. The number of rotatable bonds is 5. The molecule has 4 aromatic rings. The third kappa shape index (κ3) is 5.35. The first-order valence-electron chi connectivity index (χ1n) is 11.3. The summed E-state index contributed by atoms with van der Waals surface area (Å²) in [5, 5.41) is 19.3. The summed E-state index contributed by atoms with van der Waals surface area (Å²) < 4.78 is 89.9. The molecule has 0 amide bonds. The Morgan fingerprint density at radius 1 is 0.925 bits per heavy atom.